The molecule has 5 nitrogen and oxygen atoms in total. The SMILES string of the molecule is CC(C)CN=C(NCC1CCS(=O)(=O)C1)NC1CCC2CCCCC2C1. The predicted octanol–water partition coefficient (Wildman–Crippen LogP) is 2.97. The lowest BCUT2D eigenvalue weighted by Crippen LogP contribution is -2.48. The Morgan fingerprint density at radius 2 is 1.85 bits per heavy atom. The maximum atomic E-state index is 11.7. The van der Waals surface area contributed by atoms with Crippen LogP contribution in [-0.4, -0.2) is 45.0 Å². The zero-order valence-corrected chi connectivity index (χ0v) is 17.4. The first-order chi connectivity index (χ1) is 12.4. The van der Waals surface area contributed by atoms with Crippen LogP contribution in [-0.2, 0) is 9.84 Å². The molecule has 0 aromatic carbocycles. The van der Waals surface area contributed by atoms with Crippen molar-refractivity contribution in [3.05, 3.63) is 0 Å². The van der Waals surface area contributed by atoms with E-state index >= 15 is 0 Å². The van der Waals surface area contributed by atoms with Gasteiger partial charge in [-0.2, -0.15) is 0 Å². The average Bonchev–Trinajstić information content (AvgIpc) is 2.96. The summed E-state index contributed by atoms with van der Waals surface area (Å²) in [5.41, 5.74) is 0. The molecule has 0 spiro atoms. The number of aliphatic imine (C=N–C) groups is 1. The van der Waals surface area contributed by atoms with Crippen LogP contribution in [0.2, 0.25) is 0 Å². The molecule has 4 atom stereocenters. The lowest BCUT2D eigenvalue weighted by molar-refractivity contribution is 0.150. The van der Waals surface area contributed by atoms with Crippen LogP contribution in [0.4, 0.5) is 0 Å². The van der Waals surface area contributed by atoms with E-state index in [0.717, 1.165) is 30.8 Å². The van der Waals surface area contributed by atoms with Gasteiger partial charge in [-0.1, -0.05) is 39.5 Å². The molecule has 6 heteroatoms. The van der Waals surface area contributed by atoms with Crippen LogP contribution < -0.4 is 10.6 Å². The standard InChI is InChI=1S/C20H37N3O2S/c1-15(2)12-21-20(22-13-16-9-10-26(24,25)14-16)23-19-8-7-17-5-3-4-6-18(17)11-19/h15-19H,3-14H2,1-2H3,(H2,21,22,23). The fourth-order valence-corrected chi connectivity index (χ4v) is 6.76. The van der Waals surface area contributed by atoms with E-state index in [9.17, 15) is 8.42 Å². The molecule has 3 fully saturated rings. The van der Waals surface area contributed by atoms with Crippen LogP contribution in [0.1, 0.15) is 65.2 Å². The third kappa shape index (κ3) is 5.86. The summed E-state index contributed by atoms with van der Waals surface area (Å²) in [5, 5.41) is 7.13. The summed E-state index contributed by atoms with van der Waals surface area (Å²) in [4.78, 5) is 4.76. The summed E-state index contributed by atoms with van der Waals surface area (Å²) < 4.78 is 23.4. The van der Waals surface area contributed by atoms with Crippen LogP contribution in [0, 0.1) is 23.7 Å². The predicted molar refractivity (Wildman–Crippen MR) is 108 cm³/mol. The number of fused-ring (bicyclic) bond motifs is 1. The van der Waals surface area contributed by atoms with Gasteiger partial charge in [0.1, 0.15) is 0 Å². The molecule has 150 valence electrons. The van der Waals surface area contributed by atoms with E-state index in [-0.39, 0.29) is 5.92 Å². The molecule has 0 aromatic heterocycles. The van der Waals surface area contributed by atoms with Crippen molar-refractivity contribution >= 4 is 15.8 Å². The fraction of sp³-hybridized carbons (Fsp3) is 0.950. The fourth-order valence-electron chi connectivity index (χ4n) is 4.90. The number of nitrogens with one attached hydrogen (secondary N) is 2. The molecule has 3 aliphatic rings. The highest BCUT2D eigenvalue weighted by molar-refractivity contribution is 7.91. The van der Waals surface area contributed by atoms with Crippen LogP contribution >= 0.6 is 0 Å². The van der Waals surface area contributed by atoms with Gasteiger partial charge in [0, 0.05) is 19.1 Å². The first-order valence-electron chi connectivity index (χ1n) is 10.7. The zero-order chi connectivity index (χ0) is 18.6. The molecule has 0 amide bonds. The Labute approximate surface area is 159 Å². The number of guanidine groups is 1. The van der Waals surface area contributed by atoms with Gasteiger partial charge in [-0.3, -0.25) is 4.99 Å². The van der Waals surface area contributed by atoms with Gasteiger partial charge in [-0.25, -0.2) is 8.42 Å². The topological polar surface area (TPSA) is 70.6 Å². The van der Waals surface area contributed by atoms with E-state index in [1.807, 2.05) is 0 Å². The van der Waals surface area contributed by atoms with Crippen molar-refractivity contribution in [3.8, 4) is 0 Å². The Kier molecular flexibility index (Phi) is 6.87. The van der Waals surface area contributed by atoms with Gasteiger partial charge in [0.15, 0.2) is 15.8 Å². The van der Waals surface area contributed by atoms with Crippen LogP contribution in [0.15, 0.2) is 4.99 Å². The summed E-state index contributed by atoms with van der Waals surface area (Å²) in [6.07, 6.45) is 10.3. The minimum absolute atomic E-state index is 0.222. The summed E-state index contributed by atoms with van der Waals surface area (Å²) in [7, 11) is -2.81. The normalized spacial score (nSPS) is 34.5. The van der Waals surface area contributed by atoms with E-state index in [4.69, 9.17) is 4.99 Å². The third-order valence-electron chi connectivity index (χ3n) is 6.38. The Balaban J connectivity index is 1.53. The maximum absolute atomic E-state index is 11.7. The molecule has 1 heterocycles. The van der Waals surface area contributed by atoms with E-state index in [0.29, 0.717) is 30.0 Å². The van der Waals surface area contributed by atoms with Crippen LogP contribution in [0.25, 0.3) is 0 Å². The Hall–Kier alpha value is -0.780. The monoisotopic (exact) mass is 383 g/mol. The molecular formula is C20H37N3O2S. The third-order valence-corrected chi connectivity index (χ3v) is 8.22. The van der Waals surface area contributed by atoms with Gasteiger partial charge in [0.05, 0.1) is 11.5 Å². The van der Waals surface area contributed by atoms with Gasteiger partial charge in [-0.15, -0.1) is 0 Å². The van der Waals surface area contributed by atoms with Crippen molar-refractivity contribution in [2.24, 2.45) is 28.7 Å². The summed E-state index contributed by atoms with van der Waals surface area (Å²) >= 11 is 0. The van der Waals surface area contributed by atoms with Gasteiger partial charge < -0.3 is 10.6 Å². The van der Waals surface area contributed by atoms with Crippen molar-refractivity contribution < 1.29 is 8.42 Å². The first-order valence-corrected chi connectivity index (χ1v) is 12.5. The van der Waals surface area contributed by atoms with Crippen molar-refractivity contribution in [1.29, 1.82) is 0 Å². The largest absolute Gasteiger partial charge is 0.356 e. The highest BCUT2D eigenvalue weighted by atomic mass is 32.2. The number of hydrogen-bond donors (Lipinski definition) is 2. The summed E-state index contributed by atoms with van der Waals surface area (Å²) in [6.45, 7) is 5.87. The molecule has 0 bridgehead atoms. The summed E-state index contributed by atoms with van der Waals surface area (Å²) in [5.74, 6) is 4.15. The Morgan fingerprint density at radius 3 is 2.54 bits per heavy atom. The van der Waals surface area contributed by atoms with E-state index in [2.05, 4.69) is 24.5 Å². The molecule has 2 saturated carbocycles. The number of sulfone groups is 1. The second-order valence-electron chi connectivity index (χ2n) is 9.19. The van der Waals surface area contributed by atoms with Gasteiger partial charge in [0.25, 0.3) is 0 Å². The first kappa shape index (κ1) is 20.0. The highest BCUT2D eigenvalue weighted by Crippen LogP contribution is 2.40. The molecule has 4 unspecified atom stereocenters. The minimum atomic E-state index is -2.81. The van der Waals surface area contributed by atoms with Crippen molar-refractivity contribution in [2.75, 3.05) is 24.6 Å². The molecule has 1 saturated heterocycles. The average molecular weight is 384 g/mol. The van der Waals surface area contributed by atoms with Crippen LogP contribution in [0.3, 0.4) is 0 Å². The second kappa shape index (κ2) is 8.94. The van der Waals surface area contributed by atoms with Crippen molar-refractivity contribution in [2.45, 2.75) is 71.3 Å². The van der Waals surface area contributed by atoms with Gasteiger partial charge in [-0.05, 0) is 49.4 Å². The molecule has 1 aliphatic heterocycles. The molecule has 0 radical (unpaired) electrons. The smallest absolute Gasteiger partial charge is 0.191 e. The van der Waals surface area contributed by atoms with Crippen molar-refractivity contribution in [1.82, 2.24) is 10.6 Å². The van der Waals surface area contributed by atoms with Crippen LogP contribution in [0.5, 0.6) is 0 Å². The zero-order valence-electron chi connectivity index (χ0n) is 16.5. The molecule has 2 N–H and O–H groups in total. The van der Waals surface area contributed by atoms with E-state index in [1.54, 1.807) is 0 Å². The molecule has 2 aliphatic carbocycles. The molecule has 0 aromatic rings. The summed E-state index contributed by atoms with van der Waals surface area (Å²) in [6, 6.07) is 0.514. The van der Waals surface area contributed by atoms with E-state index < -0.39 is 9.84 Å². The van der Waals surface area contributed by atoms with Gasteiger partial charge in [0.2, 0.25) is 0 Å². The molecule has 3 rings (SSSR count). The number of hydrogen-bond acceptors (Lipinski definition) is 3. The Morgan fingerprint density at radius 1 is 1.08 bits per heavy atom. The molecule has 26 heavy (non-hydrogen) atoms. The number of nitrogens with zero attached hydrogens (tertiary/aromatic N) is 1. The maximum Gasteiger partial charge on any atom is 0.191 e. The lowest BCUT2D eigenvalue weighted by Gasteiger charge is -2.40. The number of rotatable bonds is 5. The minimum Gasteiger partial charge on any atom is -0.356 e. The Bertz CT molecular complexity index is 588. The second-order valence-corrected chi connectivity index (χ2v) is 11.4. The van der Waals surface area contributed by atoms with Gasteiger partial charge >= 0.3 is 0 Å². The van der Waals surface area contributed by atoms with Crippen molar-refractivity contribution in [3.63, 3.8) is 0 Å². The van der Waals surface area contributed by atoms with E-state index in [1.165, 1.54) is 44.9 Å². The molecular weight excluding hydrogens is 346 g/mol. The quantitative estimate of drug-likeness (QED) is 0.566. The lowest BCUT2D eigenvalue weighted by atomic mass is 9.69. The highest BCUT2D eigenvalue weighted by Gasteiger charge is 2.33.